The second-order valence-electron chi connectivity index (χ2n) is 16.4. The van der Waals surface area contributed by atoms with E-state index in [1.807, 2.05) is 0 Å². The third kappa shape index (κ3) is 23.2. The fourth-order valence-corrected chi connectivity index (χ4v) is 12.1. The maximum atomic E-state index is 2.62. The lowest BCUT2D eigenvalue weighted by atomic mass is 9.91. The number of hydrogen-bond donors (Lipinski definition) is 1. The Morgan fingerprint density at radius 3 is 1.26 bits per heavy atom. The molecule has 292 valence electrons. The minimum atomic E-state index is -0.142. The highest BCUT2D eigenvalue weighted by molar-refractivity contribution is 8.27. The molecule has 1 aromatic heterocycles. The Bertz CT molecular complexity index is 924. The van der Waals surface area contributed by atoms with Crippen LogP contribution in [0.4, 0.5) is 0 Å². The summed E-state index contributed by atoms with van der Waals surface area (Å²) >= 11 is 2.16. The first kappa shape index (κ1) is 45.7. The summed E-state index contributed by atoms with van der Waals surface area (Å²) < 4.78 is 0. The van der Waals surface area contributed by atoms with Crippen LogP contribution >= 0.6 is 22.2 Å². The summed E-state index contributed by atoms with van der Waals surface area (Å²) in [6.45, 7) is 9.33. The molecule has 0 saturated carbocycles. The van der Waals surface area contributed by atoms with Gasteiger partial charge in [0.1, 0.15) is 0 Å². The molecule has 0 fully saturated rings. The van der Waals surface area contributed by atoms with E-state index in [2.05, 4.69) is 68.7 Å². The van der Waals surface area contributed by atoms with Gasteiger partial charge in [-0.15, -0.1) is 11.3 Å². The van der Waals surface area contributed by atoms with E-state index < -0.39 is 0 Å². The van der Waals surface area contributed by atoms with Crippen molar-refractivity contribution in [1.82, 2.24) is 0 Å². The third-order valence-electron chi connectivity index (χ3n) is 11.6. The molecular formula is C48H88S2. The van der Waals surface area contributed by atoms with Crippen LogP contribution in [0.25, 0.3) is 4.91 Å². The Balaban J connectivity index is 1.90. The van der Waals surface area contributed by atoms with Crippen molar-refractivity contribution in [3.05, 3.63) is 39.4 Å². The van der Waals surface area contributed by atoms with Crippen molar-refractivity contribution in [2.24, 2.45) is 11.8 Å². The summed E-state index contributed by atoms with van der Waals surface area (Å²) in [6, 6.07) is 5.05. The second-order valence-corrected chi connectivity index (χ2v) is 19.6. The summed E-state index contributed by atoms with van der Waals surface area (Å²) in [4.78, 5) is 4.98. The van der Waals surface area contributed by atoms with E-state index in [4.69, 9.17) is 0 Å². The third-order valence-corrected chi connectivity index (χ3v) is 15.3. The lowest BCUT2D eigenvalue weighted by Gasteiger charge is -2.25. The molecule has 0 nitrogen and oxygen atoms in total. The molecule has 50 heavy (non-hydrogen) atoms. The lowest BCUT2D eigenvalue weighted by molar-refractivity contribution is 0.402. The standard InChI is InChI=1S/C48H88S2/c1-5-9-13-17-21-23-27-30-35-44(34-29-25-19-15-11-7-3)42-46-39-40-47(49-46)48-38-33-41-50(48)43-45(36-31-26-20-16-12-8-4)37-32-28-24-22-18-14-10-6-2/h33,38-41,44-45,50H,5-32,34-37,42-43H2,1-4H3. The smallest absolute Gasteiger partial charge is 0.0394 e. The molecule has 0 bridgehead atoms. The molecule has 0 aliphatic carbocycles. The number of unbranched alkanes of at least 4 members (excludes halogenated alkanes) is 24. The number of allylic oxidation sites excluding steroid dienone is 2. The zero-order valence-electron chi connectivity index (χ0n) is 34.4. The SMILES string of the molecule is CCCCCCCCCCC(CCCCCCCC)Cc1ccc(C2=CC=C[SH]2CC(CCCCCCCC)CCCCCCCCCC)s1. The quantitative estimate of drug-likeness (QED) is 0.0512. The van der Waals surface area contributed by atoms with Crippen LogP contribution in [0.15, 0.2) is 29.7 Å². The van der Waals surface area contributed by atoms with Crippen molar-refractivity contribution in [2.75, 3.05) is 5.75 Å². The molecule has 1 aliphatic rings. The van der Waals surface area contributed by atoms with Crippen molar-refractivity contribution in [1.29, 1.82) is 0 Å². The van der Waals surface area contributed by atoms with E-state index in [0.29, 0.717) is 0 Å². The maximum absolute atomic E-state index is 2.62. The van der Waals surface area contributed by atoms with Crippen molar-refractivity contribution in [3.8, 4) is 0 Å². The van der Waals surface area contributed by atoms with Crippen molar-refractivity contribution in [2.45, 2.75) is 240 Å². The van der Waals surface area contributed by atoms with E-state index in [9.17, 15) is 0 Å². The Kier molecular flexibility index (Phi) is 30.3. The highest BCUT2D eigenvalue weighted by atomic mass is 32.2. The number of rotatable bonds is 37. The Morgan fingerprint density at radius 2 is 0.840 bits per heavy atom. The van der Waals surface area contributed by atoms with Crippen LogP contribution in [0, 0.1) is 11.8 Å². The van der Waals surface area contributed by atoms with Gasteiger partial charge in [0.15, 0.2) is 0 Å². The summed E-state index contributed by atoms with van der Waals surface area (Å²) in [5, 5.41) is 2.62. The number of hydrogen-bond acceptors (Lipinski definition) is 1. The van der Waals surface area contributed by atoms with Crippen molar-refractivity contribution in [3.63, 3.8) is 0 Å². The van der Waals surface area contributed by atoms with Crippen molar-refractivity contribution >= 4 is 27.1 Å². The molecule has 2 heteroatoms. The van der Waals surface area contributed by atoms with Crippen LogP contribution in [-0.2, 0) is 6.42 Å². The van der Waals surface area contributed by atoms with E-state index in [1.165, 1.54) is 218 Å². The van der Waals surface area contributed by atoms with E-state index in [-0.39, 0.29) is 10.9 Å². The maximum Gasteiger partial charge on any atom is 0.0394 e. The van der Waals surface area contributed by atoms with Crippen LogP contribution in [0.3, 0.4) is 0 Å². The van der Waals surface area contributed by atoms with Gasteiger partial charge in [-0.05, 0) is 60.5 Å². The summed E-state index contributed by atoms with van der Waals surface area (Å²) in [6.07, 6.45) is 52.3. The van der Waals surface area contributed by atoms with Crippen LogP contribution in [0.1, 0.15) is 243 Å². The minimum Gasteiger partial charge on any atom is -0.205 e. The predicted octanol–water partition coefficient (Wildman–Crippen LogP) is 18.0. The minimum absolute atomic E-state index is 0.142. The van der Waals surface area contributed by atoms with E-state index in [0.717, 1.165) is 11.8 Å². The van der Waals surface area contributed by atoms with Gasteiger partial charge in [0, 0.05) is 14.7 Å². The highest BCUT2D eigenvalue weighted by Gasteiger charge is 2.21. The van der Waals surface area contributed by atoms with Gasteiger partial charge in [-0.1, -0.05) is 226 Å². The molecule has 0 aromatic carbocycles. The second kappa shape index (κ2) is 33.1. The first-order chi connectivity index (χ1) is 24.7. The summed E-state index contributed by atoms with van der Waals surface area (Å²) in [5.41, 5.74) is 0. The Labute approximate surface area is 322 Å². The van der Waals surface area contributed by atoms with Gasteiger partial charge in [-0.3, -0.25) is 0 Å². The zero-order valence-corrected chi connectivity index (χ0v) is 36.1. The van der Waals surface area contributed by atoms with Crippen LogP contribution in [0.5, 0.6) is 0 Å². The highest BCUT2D eigenvalue weighted by Crippen LogP contribution is 2.51. The normalized spacial score (nSPS) is 16.3. The zero-order chi connectivity index (χ0) is 35.7. The topological polar surface area (TPSA) is 0 Å². The van der Waals surface area contributed by atoms with Crippen LogP contribution in [-0.4, -0.2) is 5.75 Å². The molecule has 3 atom stereocenters. The van der Waals surface area contributed by atoms with Gasteiger partial charge in [0.25, 0.3) is 0 Å². The van der Waals surface area contributed by atoms with Gasteiger partial charge in [0.05, 0.1) is 0 Å². The predicted molar refractivity (Wildman–Crippen MR) is 236 cm³/mol. The number of thiophene rings is 1. The fourth-order valence-electron chi connectivity index (χ4n) is 8.22. The monoisotopic (exact) mass is 729 g/mol. The molecule has 1 aliphatic heterocycles. The van der Waals surface area contributed by atoms with Gasteiger partial charge in [-0.2, -0.15) is 0 Å². The molecule has 2 heterocycles. The summed E-state index contributed by atoms with van der Waals surface area (Å²) in [7, 11) is -0.142. The first-order valence-electron chi connectivity index (χ1n) is 23.0. The first-order valence-corrected chi connectivity index (χ1v) is 25.4. The molecular weight excluding hydrogens is 641 g/mol. The van der Waals surface area contributed by atoms with Gasteiger partial charge < -0.3 is 0 Å². The fraction of sp³-hybridized carbons (Fsp3) is 0.833. The molecule has 3 unspecified atom stereocenters. The van der Waals surface area contributed by atoms with Gasteiger partial charge in [-0.25, -0.2) is 10.9 Å². The molecule has 0 saturated heterocycles. The largest absolute Gasteiger partial charge is 0.205 e. The Morgan fingerprint density at radius 1 is 0.460 bits per heavy atom. The van der Waals surface area contributed by atoms with E-state index in [1.54, 1.807) is 14.7 Å². The van der Waals surface area contributed by atoms with Gasteiger partial charge >= 0.3 is 0 Å². The molecule has 0 amide bonds. The molecule has 1 aromatic rings. The number of thiol groups is 1. The molecule has 0 N–H and O–H groups in total. The van der Waals surface area contributed by atoms with Gasteiger partial charge in [0.2, 0.25) is 0 Å². The van der Waals surface area contributed by atoms with Crippen molar-refractivity contribution < 1.29 is 0 Å². The average Bonchev–Trinajstić information content (AvgIpc) is 3.79. The average molecular weight is 729 g/mol. The lowest BCUT2D eigenvalue weighted by Crippen LogP contribution is -2.07. The van der Waals surface area contributed by atoms with Crippen LogP contribution < -0.4 is 0 Å². The summed E-state index contributed by atoms with van der Waals surface area (Å²) in [5.74, 6) is 3.25. The van der Waals surface area contributed by atoms with Crippen LogP contribution in [0.2, 0.25) is 0 Å². The molecule has 0 spiro atoms. The Hall–Kier alpha value is -0.470. The van der Waals surface area contributed by atoms with E-state index >= 15 is 0 Å². The molecule has 0 radical (unpaired) electrons. The molecule has 2 rings (SSSR count).